The van der Waals surface area contributed by atoms with Crippen LogP contribution in [0.4, 0.5) is 4.39 Å². The number of Topliss-reactive ketones (excluding diaryl/α,β-unsaturated/α-hetero) is 1. The van der Waals surface area contributed by atoms with Crippen LogP contribution in [0.1, 0.15) is 54.3 Å². The maximum atomic E-state index is 15.2. The summed E-state index contributed by atoms with van der Waals surface area (Å²) in [6, 6.07) is 3.25. The first-order valence-electron chi connectivity index (χ1n) is 10.2. The first kappa shape index (κ1) is 22.7. The number of fused-ring (bicyclic) bond motifs is 1. The smallest absolute Gasteiger partial charge is 0.306 e. The number of ether oxygens (including phenoxy) is 3. The number of rotatable bonds is 10. The van der Waals surface area contributed by atoms with Crippen molar-refractivity contribution in [3.05, 3.63) is 28.4 Å². The predicted molar refractivity (Wildman–Crippen MR) is 112 cm³/mol. The number of carboxylic acids is 1. The normalized spacial score (nSPS) is 17.8. The Kier molecular flexibility index (Phi) is 7.80. The molecule has 6 nitrogen and oxygen atoms in total. The van der Waals surface area contributed by atoms with E-state index in [1.165, 1.54) is 20.1 Å². The fourth-order valence-electron chi connectivity index (χ4n) is 3.49. The van der Waals surface area contributed by atoms with Gasteiger partial charge < -0.3 is 19.3 Å². The van der Waals surface area contributed by atoms with E-state index < -0.39 is 17.7 Å². The molecule has 1 saturated heterocycles. The summed E-state index contributed by atoms with van der Waals surface area (Å²) in [4.78, 5) is 23.8. The number of thiophene rings is 1. The molecule has 0 aliphatic carbocycles. The zero-order valence-corrected chi connectivity index (χ0v) is 18.1. The number of benzene rings is 1. The van der Waals surface area contributed by atoms with Crippen molar-refractivity contribution in [1.82, 2.24) is 0 Å². The van der Waals surface area contributed by atoms with Crippen LogP contribution in [0.2, 0.25) is 0 Å². The molecule has 1 N–H and O–H groups in total. The Morgan fingerprint density at radius 1 is 1.37 bits per heavy atom. The number of carbonyl (C=O) groups is 2. The van der Waals surface area contributed by atoms with Crippen LogP contribution in [0.5, 0.6) is 5.75 Å². The highest BCUT2D eigenvalue weighted by atomic mass is 32.1. The van der Waals surface area contributed by atoms with E-state index in [-0.39, 0.29) is 18.5 Å². The highest BCUT2D eigenvalue weighted by Crippen LogP contribution is 2.36. The number of hydrogen-bond acceptors (Lipinski definition) is 6. The van der Waals surface area contributed by atoms with E-state index in [2.05, 4.69) is 0 Å². The second-order valence-electron chi connectivity index (χ2n) is 7.53. The summed E-state index contributed by atoms with van der Waals surface area (Å²) >= 11 is 1.15. The molecular formula is C22H27FO6S. The van der Waals surface area contributed by atoms with Crippen molar-refractivity contribution in [2.45, 2.75) is 51.7 Å². The summed E-state index contributed by atoms with van der Waals surface area (Å²) in [7, 11) is 1.49. The van der Waals surface area contributed by atoms with E-state index in [0.29, 0.717) is 52.3 Å². The Bertz CT molecular complexity index is 903. The molecule has 0 spiro atoms. The van der Waals surface area contributed by atoms with Gasteiger partial charge >= 0.3 is 5.97 Å². The molecule has 8 heteroatoms. The monoisotopic (exact) mass is 438 g/mol. The first-order chi connectivity index (χ1) is 14.4. The lowest BCUT2D eigenvalue weighted by molar-refractivity contribution is -0.162. The summed E-state index contributed by atoms with van der Waals surface area (Å²) in [6.07, 6.45) is 3.80. The fourth-order valence-corrected chi connectivity index (χ4v) is 4.52. The van der Waals surface area contributed by atoms with Gasteiger partial charge in [-0.15, -0.1) is 11.3 Å². The van der Waals surface area contributed by atoms with Crippen molar-refractivity contribution in [2.24, 2.45) is 5.92 Å². The van der Waals surface area contributed by atoms with E-state index in [9.17, 15) is 9.59 Å². The molecule has 0 bridgehead atoms. The van der Waals surface area contributed by atoms with Gasteiger partial charge in [-0.3, -0.25) is 9.59 Å². The van der Waals surface area contributed by atoms with Crippen molar-refractivity contribution in [1.29, 1.82) is 0 Å². The summed E-state index contributed by atoms with van der Waals surface area (Å²) in [5, 5.41) is 9.37. The molecule has 30 heavy (non-hydrogen) atoms. The Morgan fingerprint density at radius 2 is 2.17 bits per heavy atom. The van der Waals surface area contributed by atoms with Gasteiger partial charge in [0.1, 0.15) is 11.6 Å². The molecule has 2 aromatic rings. The number of carbonyl (C=O) groups excluding carboxylic acids is 1. The van der Waals surface area contributed by atoms with Crippen molar-refractivity contribution < 1.29 is 33.3 Å². The largest absolute Gasteiger partial charge is 0.496 e. The minimum absolute atomic E-state index is 0.117. The van der Waals surface area contributed by atoms with Gasteiger partial charge in [0.15, 0.2) is 12.1 Å². The van der Waals surface area contributed by atoms with Crippen molar-refractivity contribution in [3.63, 3.8) is 0 Å². The van der Waals surface area contributed by atoms with E-state index in [1.807, 2.05) is 0 Å². The maximum absolute atomic E-state index is 15.2. The maximum Gasteiger partial charge on any atom is 0.306 e. The molecule has 2 heterocycles. The van der Waals surface area contributed by atoms with Gasteiger partial charge in [0.2, 0.25) is 0 Å². The lowest BCUT2D eigenvalue weighted by atomic mass is 10.0. The van der Waals surface area contributed by atoms with E-state index in [1.54, 1.807) is 6.07 Å². The van der Waals surface area contributed by atoms with Crippen molar-refractivity contribution >= 4 is 33.2 Å². The number of ketones is 1. The minimum Gasteiger partial charge on any atom is -0.496 e. The van der Waals surface area contributed by atoms with Gasteiger partial charge in [-0.25, -0.2) is 4.39 Å². The Labute approximate surface area is 178 Å². The molecule has 1 aliphatic rings. The van der Waals surface area contributed by atoms with Crippen LogP contribution in [-0.2, 0) is 20.7 Å². The van der Waals surface area contributed by atoms with Crippen molar-refractivity contribution in [2.75, 3.05) is 20.3 Å². The summed E-state index contributed by atoms with van der Waals surface area (Å²) in [6.45, 7) is 2.66. The lowest BCUT2D eigenvalue weighted by Crippen LogP contribution is -2.22. The summed E-state index contributed by atoms with van der Waals surface area (Å²) in [5.41, 5.74) is 0.453. The number of halogens is 1. The molecule has 1 aromatic carbocycles. The van der Waals surface area contributed by atoms with E-state index >= 15 is 4.39 Å². The minimum atomic E-state index is -1.03. The van der Waals surface area contributed by atoms with Crippen LogP contribution in [-0.4, -0.2) is 43.5 Å². The van der Waals surface area contributed by atoms with Gasteiger partial charge in [-0.05, 0) is 44.2 Å². The Balaban J connectivity index is 1.71. The zero-order valence-electron chi connectivity index (χ0n) is 17.2. The summed E-state index contributed by atoms with van der Waals surface area (Å²) < 4.78 is 32.5. The highest BCUT2D eigenvalue weighted by Gasteiger charge is 2.22. The van der Waals surface area contributed by atoms with Crippen LogP contribution >= 0.6 is 11.3 Å². The van der Waals surface area contributed by atoms with Crippen LogP contribution in [0, 0.1) is 11.7 Å². The quantitative estimate of drug-likeness (QED) is 0.423. The SMILES string of the molecule is COc1cc2sc(C(=O)CC(C)C(=O)O)cc2c(F)c1CCCOC1CCCCO1. The third-order valence-electron chi connectivity index (χ3n) is 5.24. The van der Waals surface area contributed by atoms with Gasteiger partial charge in [0, 0.05) is 28.7 Å². The number of hydrogen-bond donors (Lipinski definition) is 1. The molecule has 3 rings (SSSR count). The van der Waals surface area contributed by atoms with Crippen molar-refractivity contribution in [3.8, 4) is 5.75 Å². The second kappa shape index (κ2) is 10.3. The van der Waals surface area contributed by atoms with Crippen LogP contribution in [0.15, 0.2) is 12.1 Å². The molecule has 0 radical (unpaired) electrons. The van der Waals surface area contributed by atoms with Gasteiger partial charge in [0.25, 0.3) is 0 Å². The highest BCUT2D eigenvalue weighted by molar-refractivity contribution is 7.20. The molecule has 1 aliphatic heterocycles. The molecule has 2 unspecified atom stereocenters. The predicted octanol–water partition coefficient (Wildman–Crippen LogP) is 4.82. The van der Waals surface area contributed by atoms with Crippen LogP contribution in [0.3, 0.4) is 0 Å². The molecule has 0 amide bonds. The average Bonchev–Trinajstić information content (AvgIpc) is 3.17. The summed E-state index contributed by atoms with van der Waals surface area (Å²) in [5.74, 6) is -2.08. The lowest BCUT2D eigenvalue weighted by Gasteiger charge is -2.22. The molecule has 164 valence electrons. The molecular weight excluding hydrogens is 411 g/mol. The molecule has 0 saturated carbocycles. The number of carboxylic acid groups (broad SMARTS) is 1. The van der Waals surface area contributed by atoms with Gasteiger partial charge in [-0.1, -0.05) is 6.92 Å². The standard InChI is InChI=1S/C22H27FO6S/c1-13(22(25)26)10-16(24)19-11-15-18(30-19)12-17(27-2)14(21(15)23)6-5-9-29-20-7-3-4-8-28-20/h11-13,20H,3-10H2,1-2H3,(H,25,26). The third kappa shape index (κ3) is 5.36. The van der Waals surface area contributed by atoms with E-state index in [4.69, 9.17) is 19.3 Å². The Morgan fingerprint density at radius 3 is 2.83 bits per heavy atom. The van der Waals surface area contributed by atoms with Gasteiger partial charge in [-0.2, -0.15) is 0 Å². The molecule has 1 fully saturated rings. The van der Waals surface area contributed by atoms with Gasteiger partial charge in [0.05, 0.1) is 24.5 Å². The van der Waals surface area contributed by atoms with Crippen LogP contribution < -0.4 is 4.74 Å². The first-order valence-corrected chi connectivity index (χ1v) is 11.0. The van der Waals surface area contributed by atoms with E-state index in [0.717, 1.165) is 30.6 Å². The number of aliphatic carboxylic acids is 1. The average molecular weight is 439 g/mol. The Hall–Kier alpha value is -2.03. The number of methoxy groups -OCH3 is 1. The fraction of sp³-hybridized carbons (Fsp3) is 0.545. The zero-order chi connectivity index (χ0) is 21.7. The third-order valence-corrected chi connectivity index (χ3v) is 6.37. The molecule has 1 aromatic heterocycles. The molecule has 2 atom stereocenters. The second-order valence-corrected chi connectivity index (χ2v) is 8.61. The topological polar surface area (TPSA) is 82.1 Å². The van der Waals surface area contributed by atoms with Crippen LogP contribution in [0.25, 0.3) is 10.1 Å².